The molecule has 1 saturated heterocycles. The number of halogens is 1. The fourth-order valence-electron chi connectivity index (χ4n) is 3.99. The molecular formula is C22H22FN5O4S. The van der Waals surface area contributed by atoms with Crippen molar-refractivity contribution >= 4 is 27.4 Å². The van der Waals surface area contributed by atoms with Crippen molar-refractivity contribution in [3.63, 3.8) is 0 Å². The molecule has 0 spiro atoms. The normalized spacial score (nSPS) is 16.6. The lowest BCUT2D eigenvalue weighted by molar-refractivity contribution is 0.102. The summed E-state index contributed by atoms with van der Waals surface area (Å²) in [5.41, 5.74) is 2.67. The van der Waals surface area contributed by atoms with E-state index in [4.69, 9.17) is 4.74 Å². The number of nitrogens with zero attached hydrogens (tertiary/aromatic N) is 3. The number of carbonyl (C=O) groups is 1. The first-order chi connectivity index (χ1) is 15.9. The minimum Gasteiger partial charge on any atom is -0.378 e. The van der Waals surface area contributed by atoms with Crippen molar-refractivity contribution in [2.45, 2.75) is 18.0 Å². The zero-order valence-corrected chi connectivity index (χ0v) is 18.4. The molecule has 0 atom stereocenters. The number of amides is 1. The molecule has 2 aliphatic heterocycles. The molecule has 1 amide bonds. The molecule has 1 aromatic heterocycles. The number of hydrogen-bond acceptors (Lipinski definition) is 6. The van der Waals surface area contributed by atoms with Gasteiger partial charge < -0.3 is 15.0 Å². The molecule has 5 rings (SSSR count). The number of carbonyl (C=O) groups excluding carboxylic acids is 1. The largest absolute Gasteiger partial charge is 0.378 e. The second-order valence-electron chi connectivity index (χ2n) is 7.86. The molecule has 0 unspecified atom stereocenters. The lowest BCUT2D eigenvalue weighted by Gasteiger charge is -2.28. The number of aromatic nitrogens is 2. The van der Waals surface area contributed by atoms with Crippen LogP contribution in [-0.2, 0) is 27.8 Å². The smallest absolute Gasteiger partial charge is 0.256 e. The Balaban J connectivity index is 1.28. The molecule has 0 bridgehead atoms. The number of benzene rings is 2. The minimum atomic E-state index is -3.89. The number of ether oxygens (including phenoxy) is 1. The highest BCUT2D eigenvalue weighted by Crippen LogP contribution is 2.32. The fraction of sp³-hybridized carbons (Fsp3) is 0.273. The summed E-state index contributed by atoms with van der Waals surface area (Å²) in [5.74, 6) is -0.684. The van der Waals surface area contributed by atoms with Gasteiger partial charge in [-0.2, -0.15) is 9.40 Å². The number of rotatable bonds is 5. The molecule has 0 saturated carbocycles. The number of aromatic amines is 1. The van der Waals surface area contributed by atoms with Gasteiger partial charge in [-0.15, -0.1) is 0 Å². The van der Waals surface area contributed by atoms with Gasteiger partial charge in [0, 0.05) is 36.4 Å². The Hall–Kier alpha value is -3.28. The Bertz CT molecular complexity index is 1290. The highest BCUT2D eigenvalue weighted by Gasteiger charge is 2.34. The molecule has 11 heteroatoms. The van der Waals surface area contributed by atoms with Gasteiger partial charge in [-0.3, -0.25) is 9.89 Å². The van der Waals surface area contributed by atoms with E-state index in [2.05, 4.69) is 20.4 Å². The monoisotopic (exact) mass is 471 g/mol. The van der Waals surface area contributed by atoms with E-state index in [1.165, 1.54) is 22.5 Å². The second-order valence-corrected chi connectivity index (χ2v) is 9.80. The summed E-state index contributed by atoms with van der Waals surface area (Å²) in [4.78, 5) is 14.8. The maximum Gasteiger partial charge on any atom is 0.256 e. The number of sulfonamides is 1. The Morgan fingerprint density at radius 1 is 1.09 bits per heavy atom. The SMILES string of the molecule is O=C(Nc1n[nH]c2c1CN(S(=O)(=O)c1cccc(F)c1)C2)c1ccc(N2CCOCC2)cc1. The Kier molecular flexibility index (Phi) is 5.60. The summed E-state index contributed by atoms with van der Waals surface area (Å²) in [6, 6.07) is 12.2. The summed E-state index contributed by atoms with van der Waals surface area (Å²) in [6.45, 7) is 3.05. The van der Waals surface area contributed by atoms with Crippen LogP contribution in [0.15, 0.2) is 53.4 Å². The van der Waals surface area contributed by atoms with E-state index >= 15 is 0 Å². The average Bonchev–Trinajstić information content (AvgIpc) is 3.42. The summed E-state index contributed by atoms with van der Waals surface area (Å²) < 4.78 is 45.9. The van der Waals surface area contributed by atoms with Crippen LogP contribution in [0.5, 0.6) is 0 Å². The van der Waals surface area contributed by atoms with Gasteiger partial charge in [-0.25, -0.2) is 12.8 Å². The quantitative estimate of drug-likeness (QED) is 0.592. The molecule has 2 aromatic carbocycles. The highest BCUT2D eigenvalue weighted by molar-refractivity contribution is 7.89. The zero-order valence-electron chi connectivity index (χ0n) is 17.6. The summed E-state index contributed by atoms with van der Waals surface area (Å²) >= 11 is 0. The van der Waals surface area contributed by atoms with Gasteiger partial charge >= 0.3 is 0 Å². The Labute approximate surface area is 190 Å². The topological polar surface area (TPSA) is 108 Å². The third-order valence-electron chi connectivity index (χ3n) is 5.79. The van der Waals surface area contributed by atoms with E-state index in [1.807, 2.05) is 12.1 Å². The van der Waals surface area contributed by atoms with Crippen molar-refractivity contribution in [3.8, 4) is 0 Å². The molecule has 33 heavy (non-hydrogen) atoms. The van der Waals surface area contributed by atoms with Gasteiger partial charge in [-0.1, -0.05) is 6.07 Å². The van der Waals surface area contributed by atoms with Gasteiger partial charge in [0.15, 0.2) is 5.82 Å². The van der Waals surface area contributed by atoms with Crippen LogP contribution in [0.3, 0.4) is 0 Å². The third kappa shape index (κ3) is 4.22. The Morgan fingerprint density at radius 3 is 2.58 bits per heavy atom. The lowest BCUT2D eigenvalue weighted by Crippen LogP contribution is -2.36. The van der Waals surface area contributed by atoms with Crippen LogP contribution in [0.25, 0.3) is 0 Å². The van der Waals surface area contributed by atoms with Crippen LogP contribution in [0.4, 0.5) is 15.9 Å². The summed E-state index contributed by atoms with van der Waals surface area (Å²) in [6.07, 6.45) is 0. The van der Waals surface area contributed by atoms with E-state index in [0.29, 0.717) is 30.0 Å². The molecule has 1 fully saturated rings. The predicted octanol–water partition coefficient (Wildman–Crippen LogP) is 2.34. The highest BCUT2D eigenvalue weighted by atomic mass is 32.2. The first-order valence-corrected chi connectivity index (χ1v) is 11.9. The molecule has 2 aliphatic rings. The second kappa shape index (κ2) is 8.58. The van der Waals surface area contributed by atoms with Crippen molar-refractivity contribution in [1.29, 1.82) is 0 Å². The van der Waals surface area contributed by atoms with Crippen molar-refractivity contribution in [2.75, 3.05) is 36.5 Å². The van der Waals surface area contributed by atoms with Crippen molar-refractivity contribution in [1.82, 2.24) is 14.5 Å². The lowest BCUT2D eigenvalue weighted by atomic mass is 10.1. The van der Waals surface area contributed by atoms with E-state index < -0.39 is 15.8 Å². The van der Waals surface area contributed by atoms with Crippen LogP contribution in [-0.4, -0.2) is 55.1 Å². The minimum absolute atomic E-state index is 0.0241. The first kappa shape index (κ1) is 21.6. The zero-order chi connectivity index (χ0) is 23.0. The molecule has 172 valence electrons. The number of H-pyrrole nitrogens is 1. The molecule has 3 heterocycles. The van der Waals surface area contributed by atoms with E-state index in [1.54, 1.807) is 12.1 Å². The molecule has 9 nitrogen and oxygen atoms in total. The number of hydrogen-bond donors (Lipinski definition) is 2. The molecule has 0 radical (unpaired) electrons. The van der Waals surface area contributed by atoms with E-state index in [9.17, 15) is 17.6 Å². The van der Waals surface area contributed by atoms with Crippen LogP contribution in [0.1, 0.15) is 21.6 Å². The standard InChI is InChI=1S/C22H22FN5O4S/c23-16-2-1-3-18(12-16)33(30,31)28-13-19-20(14-28)25-26-21(19)24-22(29)15-4-6-17(7-5-15)27-8-10-32-11-9-27/h1-7,12H,8-11,13-14H2,(H2,24,25,26,29). The van der Waals surface area contributed by atoms with Crippen LogP contribution < -0.4 is 10.2 Å². The van der Waals surface area contributed by atoms with Crippen molar-refractivity contribution < 1.29 is 22.3 Å². The maximum atomic E-state index is 13.5. The maximum absolute atomic E-state index is 13.5. The molecule has 2 N–H and O–H groups in total. The van der Waals surface area contributed by atoms with E-state index in [0.717, 1.165) is 24.8 Å². The number of fused-ring (bicyclic) bond motifs is 1. The Morgan fingerprint density at radius 2 is 1.85 bits per heavy atom. The summed E-state index contributed by atoms with van der Waals surface area (Å²) in [5, 5.41) is 9.70. The average molecular weight is 472 g/mol. The number of anilines is 2. The van der Waals surface area contributed by atoms with Gasteiger partial charge in [0.25, 0.3) is 5.91 Å². The van der Waals surface area contributed by atoms with E-state index in [-0.39, 0.29) is 29.7 Å². The predicted molar refractivity (Wildman–Crippen MR) is 119 cm³/mol. The third-order valence-corrected chi connectivity index (χ3v) is 7.58. The number of nitrogens with one attached hydrogen (secondary N) is 2. The van der Waals surface area contributed by atoms with Gasteiger partial charge in [0.2, 0.25) is 10.0 Å². The first-order valence-electron chi connectivity index (χ1n) is 10.5. The number of morpholine rings is 1. The fourth-order valence-corrected chi connectivity index (χ4v) is 5.39. The van der Waals surface area contributed by atoms with Crippen LogP contribution in [0.2, 0.25) is 0 Å². The van der Waals surface area contributed by atoms with Crippen molar-refractivity contribution in [2.24, 2.45) is 0 Å². The molecule has 3 aromatic rings. The van der Waals surface area contributed by atoms with Crippen LogP contribution in [0, 0.1) is 5.82 Å². The molecule has 0 aliphatic carbocycles. The van der Waals surface area contributed by atoms with Crippen LogP contribution >= 0.6 is 0 Å². The molecular weight excluding hydrogens is 449 g/mol. The van der Waals surface area contributed by atoms with Gasteiger partial charge in [0.05, 0.1) is 30.3 Å². The van der Waals surface area contributed by atoms with Crippen molar-refractivity contribution in [3.05, 3.63) is 71.2 Å². The van der Waals surface area contributed by atoms with Gasteiger partial charge in [0.1, 0.15) is 5.82 Å². The summed E-state index contributed by atoms with van der Waals surface area (Å²) in [7, 11) is -3.89. The van der Waals surface area contributed by atoms with Gasteiger partial charge in [-0.05, 0) is 42.5 Å².